The molecule has 4 rings (SSSR count). The van der Waals surface area contributed by atoms with E-state index in [0.717, 1.165) is 28.9 Å². The fraction of sp³-hybridized carbons (Fsp3) is 0.154. The lowest BCUT2D eigenvalue weighted by Crippen LogP contribution is -2.30. The van der Waals surface area contributed by atoms with Crippen LogP contribution in [0.2, 0.25) is 5.02 Å². The van der Waals surface area contributed by atoms with Crippen LogP contribution < -0.4 is 21.3 Å². The summed E-state index contributed by atoms with van der Waals surface area (Å²) in [6.45, 7) is 2.63. The first-order valence-electron chi connectivity index (χ1n) is 10.7. The molecule has 0 aliphatic carbocycles. The smallest absolute Gasteiger partial charge is 0.258 e. The first-order valence-corrected chi connectivity index (χ1v) is 11.1. The van der Waals surface area contributed by atoms with Gasteiger partial charge in [-0.15, -0.1) is 0 Å². The normalized spacial score (nSPS) is 13.8. The molecule has 0 radical (unpaired) electrons. The van der Waals surface area contributed by atoms with Gasteiger partial charge >= 0.3 is 0 Å². The highest BCUT2D eigenvalue weighted by Gasteiger charge is 2.28. The van der Waals surface area contributed by atoms with Crippen molar-refractivity contribution in [1.82, 2.24) is 0 Å². The summed E-state index contributed by atoms with van der Waals surface area (Å²) in [4.78, 5) is 26.7. The summed E-state index contributed by atoms with van der Waals surface area (Å²) in [7, 11) is 0. The van der Waals surface area contributed by atoms with Gasteiger partial charge in [0.15, 0.2) is 0 Å². The lowest BCUT2D eigenvalue weighted by Gasteiger charge is -2.21. The van der Waals surface area contributed by atoms with Gasteiger partial charge < -0.3 is 21.3 Å². The van der Waals surface area contributed by atoms with Crippen molar-refractivity contribution in [2.45, 2.75) is 13.3 Å². The van der Waals surface area contributed by atoms with Crippen LogP contribution in [-0.2, 0) is 9.59 Å². The predicted octanol–water partition coefficient (Wildman–Crippen LogP) is 4.97. The molecule has 0 saturated heterocycles. The molecule has 3 aromatic rings. The Morgan fingerprint density at radius 2 is 1.79 bits per heavy atom. The Labute approximate surface area is 198 Å². The number of anilines is 3. The van der Waals surface area contributed by atoms with Crippen LogP contribution in [0.25, 0.3) is 11.3 Å². The maximum atomic E-state index is 13.0. The average Bonchev–Trinajstić information content (AvgIpc) is 3.13. The second kappa shape index (κ2) is 9.90. The van der Waals surface area contributed by atoms with Crippen LogP contribution in [0.15, 0.2) is 72.8 Å². The van der Waals surface area contributed by atoms with E-state index in [1.54, 1.807) is 24.0 Å². The Bertz CT molecular complexity index is 1210. The van der Waals surface area contributed by atoms with E-state index in [1.165, 1.54) is 0 Å². The summed E-state index contributed by atoms with van der Waals surface area (Å²) in [6.07, 6.45) is 0.725. The van der Waals surface area contributed by atoms with Crippen molar-refractivity contribution in [2.75, 3.05) is 28.6 Å². The third kappa shape index (κ3) is 4.92. The van der Waals surface area contributed by atoms with Crippen molar-refractivity contribution in [1.29, 1.82) is 0 Å². The molecule has 0 bridgehead atoms. The molecule has 1 heterocycles. The van der Waals surface area contributed by atoms with E-state index in [1.807, 2.05) is 60.7 Å². The van der Waals surface area contributed by atoms with Crippen LogP contribution in [0, 0.1) is 0 Å². The minimum atomic E-state index is -0.195. The molecule has 3 aromatic carbocycles. The largest absolute Gasteiger partial charge is 0.354 e. The zero-order valence-corrected chi connectivity index (χ0v) is 19.0. The Morgan fingerprint density at radius 3 is 2.45 bits per heavy atom. The summed E-state index contributed by atoms with van der Waals surface area (Å²) in [5.41, 5.74) is 10.8. The molecule has 1 aliphatic heterocycles. The van der Waals surface area contributed by atoms with Gasteiger partial charge in [-0.1, -0.05) is 48.0 Å². The van der Waals surface area contributed by atoms with Crippen molar-refractivity contribution < 1.29 is 9.59 Å². The first-order chi connectivity index (χ1) is 16.0. The number of carbonyl (C=O) groups is 2. The number of amides is 2. The van der Waals surface area contributed by atoms with Crippen LogP contribution in [0.1, 0.15) is 24.5 Å². The van der Waals surface area contributed by atoms with Gasteiger partial charge in [-0.25, -0.2) is 0 Å². The number of rotatable bonds is 7. The highest BCUT2D eigenvalue weighted by Crippen LogP contribution is 2.38. The van der Waals surface area contributed by atoms with E-state index in [2.05, 4.69) is 10.6 Å². The molecule has 4 N–H and O–H groups in total. The summed E-state index contributed by atoms with van der Waals surface area (Å²) >= 11 is 6.12. The minimum absolute atomic E-state index is 0.0332. The van der Waals surface area contributed by atoms with Gasteiger partial charge in [-0.3, -0.25) is 9.59 Å². The first kappa shape index (κ1) is 22.6. The third-order valence-electron chi connectivity index (χ3n) is 5.45. The lowest BCUT2D eigenvalue weighted by atomic mass is 10.00. The molecule has 7 heteroatoms. The molecule has 0 spiro atoms. The van der Waals surface area contributed by atoms with Gasteiger partial charge in [0.05, 0.1) is 17.0 Å². The van der Waals surface area contributed by atoms with Crippen LogP contribution in [0.4, 0.5) is 17.1 Å². The van der Waals surface area contributed by atoms with Gasteiger partial charge in [0.25, 0.3) is 5.91 Å². The van der Waals surface area contributed by atoms with E-state index in [-0.39, 0.29) is 11.8 Å². The Balaban J connectivity index is 1.72. The third-order valence-corrected chi connectivity index (χ3v) is 5.69. The van der Waals surface area contributed by atoms with Crippen LogP contribution in [0.3, 0.4) is 0 Å². The molecular weight excluding hydrogens is 436 g/mol. The minimum Gasteiger partial charge on any atom is -0.354 e. The molecule has 1 aliphatic rings. The maximum Gasteiger partial charge on any atom is 0.258 e. The van der Waals surface area contributed by atoms with E-state index in [4.69, 9.17) is 17.3 Å². The van der Waals surface area contributed by atoms with Crippen LogP contribution >= 0.6 is 11.6 Å². The summed E-state index contributed by atoms with van der Waals surface area (Å²) in [5, 5.41) is 6.89. The Hall–Kier alpha value is -3.61. The standard InChI is InChI=1S/C26H25ClN4O2/c1-17(32)31(15-5-14-28)21-11-9-20(10-12-21)29-25(18-6-3-2-4-7-18)24-22-13-8-19(27)16-23(22)30-26(24)33/h2-4,6-13,16,29H,5,14-15,28H2,1H3,(H,30,33)/b25-24-. The molecular formula is C26H25ClN4O2. The number of nitrogens with two attached hydrogens (primary N) is 1. The van der Waals surface area contributed by atoms with Crippen molar-refractivity contribution in [3.63, 3.8) is 0 Å². The fourth-order valence-corrected chi connectivity index (χ4v) is 4.04. The monoisotopic (exact) mass is 460 g/mol. The highest BCUT2D eigenvalue weighted by atomic mass is 35.5. The molecule has 168 valence electrons. The average molecular weight is 461 g/mol. The number of nitrogens with zero attached hydrogens (tertiary/aromatic N) is 1. The molecule has 2 amide bonds. The van der Waals surface area contributed by atoms with E-state index < -0.39 is 0 Å². The number of benzene rings is 3. The number of fused-ring (bicyclic) bond motifs is 1. The Kier molecular flexibility index (Phi) is 6.77. The zero-order chi connectivity index (χ0) is 23.4. The molecule has 0 unspecified atom stereocenters. The van der Waals surface area contributed by atoms with Gasteiger partial charge in [-0.05, 0) is 54.9 Å². The van der Waals surface area contributed by atoms with Gasteiger partial charge in [0, 0.05) is 35.4 Å². The van der Waals surface area contributed by atoms with E-state index in [9.17, 15) is 9.59 Å². The van der Waals surface area contributed by atoms with Crippen LogP contribution in [-0.4, -0.2) is 24.9 Å². The van der Waals surface area contributed by atoms with E-state index >= 15 is 0 Å². The van der Waals surface area contributed by atoms with Gasteiger partial charge in [0.2, 0.25) is 5.91 Å². The topological polar surface area (TPSA) is 87.5 Å². The van der Waals surface area contributed by atoms with E-state index in [0.29, 0.717) is 35.1 Å². The van der Waals surface area contributed by atoms with Crippen molar-refractivity contribution >= 4 is 51.7 Å². The summed E-state index contributed by atoms with van der Waals surface area (Å²) in [5.74, 6) is -0.228. The molecule has 6 nitrogen and oxygen atoms in total. The van der Waals surface area contributed by atoms with Gasteiger partial charge in [-0.2, -0.15) is 0 Å². The number of hydrogen-bond donors (Lipinski definition) is 3. The number of hydrogen-bond acceptors (Lipinski definition) is 4. The number of carbonyl (C=O) groups excluding carboxylic acids is 2. The molecule has 33 heavy (non-hydrogen) atoms. The van der Waals surface area contributed by atoms with Crippen molar-refractivity contribution in [2.24, 2.45) is 5.73 Å². The number of halogens is 1. The highest BCUT2D eigenvalue weighted by molar-refractivity contribution is 6.38. The van der Waals surface area contributed by atoms with Crippen LogP contribution in [0.5, 0.6) is 0 Å². The molecule has 0 fully saturated rings. The molecule has 0 aromatic heterocycles. The summed E-state index contributed by atoms with van der Waals surface area (Å²) in [6, 6.07) is 22.6. The predicted molar refractivity (Wildman–Crippen MR) is 135 cm³/mol. The SMILES string of the molecule is CC(=O)N(CCCN)c1ccc(N/C(=C2\C(=O)Nc3cc(Cl)ccc32)c2ccccc2)cc1. The lowest BCUT2D eigenvalue weighted by molar-refractivity contribution is -0.116. The quantitative estimate of drug-likeness (QED) is 0.434. The fourth-order valence-electron chi connectivity index (χ4n) is 3.86. The number of nitrogens with one attached hydrogen (secondary N) is 2. The van der Waals surface area contributed by atoms with Gasteiger partial charge in [0.1, 0.15) is 0 Å². The van der Waals surface area contributed by atoms with Crippen molar-refractivity contribution in [3.05, 3.63) is 88.9 Å². The summed E-state index contributed by atoms with van der Waals surface area (Å²) < 4.78 is 0. The second-order valence-corrected chi connectivity index (χ2v) is 8.18. The maximum absolute atomic E-state index is 13.0. The zero-order valence-electron chi connectivity index (χ0n) is 18.3. The molecule has 0 atom stereocenters. The molecule has 0 saturated carbocycles. The Morgan fingerprint density at radius 1 is 1.06 bits per heavy atom. The van der Waals surface area contributed by atoms with Crippen molar-refractivity contribution in [3.8, 4) is 0 Å². The second-order valence-electron chi connectivity index (χ2n) is 7.74.